The van der Waals surface area contributed by atoms with E-state index in [0.717, 1.165) is 32.1 Å². The summed E-state index contributed by atoms with van der Waals surface area (Å²) >= 11 is 1.74. The van der Waals surface area contributed by atoms with E-state index >= 15 is 0 Å². The molecule has 1 rings (SSSR count). The van der Waals surface area contributed by atoms with Gasteiger partial charge in [-0.1, -0.05) is 20.8 Å². The van der Waals surface area contributed by atoms with Crippen molar-refractivity contribution >= 4 is 17.3 Å². The maximum Gasteiger partial charge on any atom is 0.190 e. The van der Waals surface area contributed by atoms with E-state index in [1.807, 2.05) is 7.05 Å². The molecule has 0 aliphatic carbocycles. The van der Waals surface area contributed by atoms with Crippen molar-refractivity contribution in [2.75, 3.05) is 26.7 Å². The fraction of sp³-hybridized carbons (Fsp3) is 0.706. The quantitative estimate of drug-likeness (QED) is 0.540. The van der Waals surface area contributed by atoms with Crippen LogP contribution in [0.2, 0.25) is 0 Å². The average molecular weight is 326 g/mol. The van der Waals surface area contributed by atoms with Crippen molar-refractivity contribution < 1.29 is 4.74 Å². The van der Waals surface area contributed by atoms with Crippen molar-refractivity contribution in [3.63, 3.8) is 0 Å². The van der Waals surface area contributed by atoms with Crippen LogP contribution >= 0.6 is 11.3 Å². The SMILES string of the molecule is CCOC(CCNC(=NC)NCC(C)c1ccsc1)C(C)C. The van der Waals surface area contributed by atoms with E-state index in [4.69, 9.17) is 4.74 Å². The molecule has 1 aromatic heterocycles. The van der Waals surface area contributed by atoms with Crippen molar-refractivity contribution in [2.24, 2.45) is 10.9 Å². The average Bonchev–Trinajstić information content (AvgIpc) is 3.03. The highest BCUT2D eigenvalue weighted by atomic mass is 32.1. The molecule has 2 atom stereocenters. The lowest BCUT2D eigenvalue weighted by atomic mass is 10.0. The molecule has 0 aromatic carbocycles. The molecule has 1 heterocycles. The number of guanidine groups is 1. The van der Waals surface area contributed by atoms with Gasteiger partial charge in [-0.2, -0.15) is 11.3 Å². The van der Waals surface area contributed by atoms with Gasteiger partial charge in [0.15, 0.2) is 5.96 Å². The Balaban J connectivity index is 2.30. The Bertz CT molecular complexity index is 418. The van der Waals surface area contributed by atoms with Crippen LogP contribution < -0.4 is 10.6 Å². The summed E-state index contributed by atoms with van der Waals surface area (Å²) in [6.45, 7) is 11.2. The van der Waals surface area contributed by atoms with E-state index < -0.39 is 0 Å². The zero-order chi connectivity index (χ0) is 16.4. The Kier molecular flexibility index (Phi) is 9.16. The van der Waals surface area contributed by atoms with Crippen molar-refractivity contribution in [3.8, 4) is 0 Å². The van der Waals surface area contributed by atoms with Crippen molar-refractivity contribution in [2.45, 2.75) is 46.1 Å². The maximum atomic E-state index is 5.77. The first-order valence-electron chi connectivity index (χ1n) is 8.16. The highest BCUT2D eigenvalue weighted by molar-refractivity contribution is 7.07. The molecule has 0 fully saturated rings. The third-order valence-corrected chi connectivity index (χ3v) is 4.46. The highest BCUT2D eigenvalue weighted by Crippen LogP contribution is 2.17. The lowest BCUT2D eigenvalue weighted by Gasteiger charge is -2.22. The topological polar surface area (TPSA) is 45.6 Å². The number of rotatable bonds is 9. The summed E-state index contributed by atoms with van der Waals surface area (Å²) in [5.74, 6) is 1.88. The second kappa shape index (κ2) is 10.6. The second-order valence-electron chi connectivity index (χ2n) is 5.86. The third kappa shape index (κ3) is 6.79. The normalized spacial score (nSPS) is 14.9. The van der Waals surface area contributed by atoms with Crippen LogP contribution in [0, 0.1) is 5.92 Å². The molecule has 5 heteroatoms. The fourth-order valence-electron chi connectivity index (χ4n) is 2.30. The van der Waals surface area contributed by atoms with E-state index in [1.165, 1.54) is 5.56 Å². The van der Waals surface area contributed by atoms with Crippen LogP contribution in [0.1, 0.15) is 45.6 Å². The van der Waals surface area contributed by atoms with E-state index in [1.54, 1.807) is 11.3 Å². The van der Waals surface area contributed by atoms with Crippen LogP contribution in [0.5, 0.6) is 0 Å². The summed E-state index contributed by atoms with van der Waals surface area (Å²) < 4.78 is 5.77. The van der Waals surface area contributed by atoms with E-state index in [9.17, 15) is 0 Å². The van der Waals surface area contributed by atoms with E-state index in [2.05, 4.69) is 60.1 Å². The molecule has 1 aromatic rings. The van der Waals surface area contributed by atoms with Crippen LogP contribution in [-0.4, -0.2) is 38.8 Å². The van der Waals surface area contributed by atoms with Gasteiger partial charge >= 0.3 is 0 Å². The number of ether oxygens (including phenoxy) is 1. The van der Waals surface area contributed by atoms with Gasteiger partial charge in [0.1, 0.15) is 0 Å². The molecular weight excluding hydrogens is 294 g/mol. The Labute approximate surface area is 139 Å². The van der Waals surface area contributed by atoms with Crippen LogP contribution in [0.15, 0.2) is 21.8 Å². The van der Waals surface area contributed by atoms with Crippen LogP contribution in [0.25, 0.3) is 0 Å². The summed E-state index contributed by atoms with van der Waals surface area (Å²) in [5, 5.41) is 11.1. The lowest BCUT2D eigenvalue weighted by Crippen LogP contribution is -2.40. The summed E-state index contributed by atoms with van der Waals surface area (Å²) in [6.07, 6.45) is 1.30. The third-order valence-electron chi connectivity index (χ3n) is 3.76. The van der Waals surface area contributed by atoms with Crippen molar-refractivity contribution in [1.29, 1.82) is 0 Å². The molecule has 0 spiro atoms. The van der Waals surface area contributed by atoms with Gasteiger partial charge in [-0.25, -0.2) is 0 Å². The molecule has 0 aliphatic rings. The maximum absolute atomic E-state index is 5.77. The van der Waals surface area contributed by atoms with Gasteiger partial charge in [0.05, 0.1) is 6.10 Å². The minimum atomic E-state index is 0.306. The van der Waals surface area contributed by atoms with Gasteiger partial charge in [0.25, 0.3) is 0 Å². The first-order valence-corrected chi connectivity index (χ1v) is 9.10. The van der Waals surface area contributed by atoms with Crippen LogP contribution in [0.4, 0.5) is 0 Å². The van der Waals surface area contributed by atoms with Gasteiger partial charge in [0.2, 0.25) is 0 Å². The first-order chi connectivity index (χ1) is 10.6. The zero-order valence-corrected chi connectivity index (χ0v) is 15.4. The Morgan fingerprint density at radius 1 is 1.32 bits per heavy atom. The zero-order valence-electron chi connectivity index (χ0n) is 14.6. The summed E-state index contributed by atoms with van der Waals surface area (Å²) in [7, 11) is 1.81. The number of thiophene rings is 1. The minimum Gasteiger partial charge on any atom is -0.378 e. The summed E-state index contributed by atoms with van der Waals surface area (Å²) in [4.78, 5) is 4.29. The van der Waals surface area contributed by atoms with Gasteiger partial charge < -0.3 is 15.4 Å². The van der Waals surface area contributed by atoms with E-state index in [-0.39, 0.29) is 0 Å². The standard InChI is InChI=1S/C17H31N3OS/c1-6-21-16(13(2)3)7-9-19-17(18-5)20-11-14(4)15-8-10-22-12-15/h8,10,12-14,16H,6-7,9,11H2,1-5H3,(H2,18,19,20). The fourth-order valence-corrected chi connectivity index (χ4v) is 3.08. The minimum absolute atomic E-state index is 0.306. The molecule has 2 unspecified atom stereocenters. The molecule has 0 saturated carbocycles. The molecule has 126 valence electrons. The number of hydrogen-bond acceptors (Lipinski definition) is 3. The van der Waals surface area contributed by atoms with Crippen molar-refractivity contribution in [1.82, 2.24) is 10.6 Å². The van der Waals surface area contributed by atoms with Crippen molar-refractivity contribution in [3.05, 3.63) is 22.4 Å². The second-order valence-corrected chi connectivity index (χ2v) is 6.64. The Hall–Kier alpha value is -1.07. The summed E-state index contributed by atoms with van der Waals surface area (Å²) in [5.41, 5.74) is 1.38. The first kappa shape index (κ1) is 19.0. The number of nitrogens with zero attached hydrogens (tertiary/aromatic N) is 1. The van der Waals surface area contributed by atoms with E-state index in [0.29, 0.717) is 17.9 Å². The Morgan fingerprint density at radius 3 is 2.64 bits per heavy atom. The number of nitrogens with one attached hydrogen (secondary N) is 2. The molecule has 0 amide bonds. The molecule has 22 heavy (non-hydrogen) atoms. The van der Waals surface area contributed by atoms with Gasteiger partial charge in [-0.15, -0.1) is 0 Å². The molecule has 2 N–H and O–H groups in total. The predicted molar refractivity (Wildman–Crippen MR) is 97.0 cm³/mol. The molecular formula is C17H31N3OS. The summed E-state index contributed by atoms with van der Waals surface area (Å²) in [6, 6.07) is 2.18. The predicted octanol–water partition coefficient (Wildman–Crippen LogP) is 3.47. The number of hydrogen-bond donors (Lipinski definition) is 2. The lowest BCUT2D eigenvalue weighted by molar-refractivity contribution is 0.0258. The van der Waals surface area contributed by atoms with Gasteiger partial charge in [-0.05, 0) is 47.6 Å². The van der Waals surface area contributed by atoms with Crippen LogP contribution in [0.3, 0.4) is 0 Å². The Morgan fingerprint density at radius 2 is 2.09 bits per heavy atom. The monoisotopic (exact) mass is 325 g/mol. The number of aliphatic imine (C=N–C) groups is 1. The molecule has 0 radical (unpaired) electrons. The highest BCUT2D eigenvalue weighted by Gasteiger charge is 2.13. The molecule has 0 aliphatic heterocycles. The van der Waals surface area contributed by atoms with Gasteiger partial charge in [-0.3, -0.25) is 4.99 Å². The van der Waals surface area contributed by atoms with Gasteiger partial charge in [0, 0.05) is 26.7 Å². The molecule has 4 nitrogen and oxygen atoms in total. The largest absolute Gasteiger partial charge is 0.378 e. The molecule has 0 saturated heterocycles. The van der Waals surface area contributed by atoms with Crippen LogP contribution in [-0.2, 0) is 4.74 Å². The molecule has 0 bridgehead atoms. The smallest absolute Gasteiger partial charge is 0.190 e.